The van der Waals surface area contributed by atoms with Crippen LogP contribution in [0.15, 0.2) is 30.5 Å². The minimum atomic E-state index is 0.103. The largest absolute Gasteiger partial charge is 0.354 e. The lowest BCUT2D eigenvalue weighted by Crippen LogP contribution is -2.42. The van der Waals surface area contributed by atoms with Gasteiger partial charge in [-0.2, -0.15) is 11.8 Å². The Bertz CT molecular complexity index is 717. The number of benzene rings is 1. The number of hydrogen-bond donors (Lipinski definition) is 0. The zero-order chi connectivity index (χ0) is 15.6. The molecule has 0 saturated carbocycles. The topological polar surface area (TPSA) is 49.3 Å². The van der Waals surface area contributed by atoms with E-state index in [1.165, 1.54) is 0 Å². The van der Waals surface area contributed by atoms with Crippen molar-refractivity contribution in [3.63, 3.8) is 0 Å². The molecular weight excluding hydrogens is 308 g/mol. The molecule has 0 N–H and O–H groups in total. The van der Waals surface area contributed by atoms with Crippen LogP contribution in [0, 0.1) is 5.92 Å². The average Bonchev–Trinajstić information content (AvgIpc) is 3.11. The predicted octanol–water partition coefficient (Wildman–Crippen LogP) is 2.03. The molecule has 4 rings (SSSR count). The fraction of sp³-hybridized carbons (Fsp3) is 0.471. The van der Waals surface area contributed by atoms with Gasteiger partial charge in [-0.1, -0.05) is 12.1 Å². The number of nitrogens with zero attached hydrogens (tertiary/aromatic N) is 4. The third kappa shape index (κ3) is 3.00. The van der Waals surface area contributed by atoms with Crippen LogP contribution in [0.25, 0.3) is 11.0 Å². The maximum absolute atomic E-state index is 12.6. The summed E-state index contributed by atoms with van der Waals surface area (Å²) in [7, 11) is 0. The first-order chi connectivity index (χ1) is 11.3. The van der Waals surface area contributed by atoms with Crippen LogP contribution in [0.1, 0.15) is 6.42 Å². The van der Waals surface area contributed by atoms with Crippen molar-refractivity contribution >= 4 is 34.5 Å². The number of carbonyl (C=O) groups is 1. The Morgan fingerprint density at radius 2 is 1.91 bits per heavy atom. The van der Waals surface area contributed by atoms with Crippen LogP contribution in [-0.2, 0) is 4.79 Å². The highest BCUT2D eigenvalue weighted by atomic mass is 32.2. The van der Waals surface area contributed by atoms with E-state index < -0.39 is 0 Å². The summed E-state index contributed by atoms with van der Waals surface area (Å²) >= 11 is 1.93. The first-order valence-electron chi connectivity index (χ1n) is 8.14. The fourth-order valence-electron chi connectivity index (χ4n) is 3.31. The van der Waals surface area contributed by atoms with Gasteiger partial charge in [0.05, 0.1) is 23.1 Å². The number of hydrogen-bond acceptors (Lipinski definition) is 5. The molecule has 0 spiro atoms. The van der Waals surface area contributed by atoms with Gasteiger partial charge in [0.1, 0.15) is 5.82 Å². The van der Waals surface area contributed by atoms with Gasteiger partial charge in [0.15, 0.2) is 0 Å². The maximum Gasteiger partial charge on any atom is 0.227 e. The number of aromatic nitrogens is 2. The van der Waals surface area contributed by atoms with Crippen LogP contribution in [-0.4, -0.2) is 58.5 Å². The van der Waals surface area contributed by atoms with Gasteiger partial charge >= 0.3 is 0 Å². The van der Waals surface area contributed by atoms with Crippen molar-refractivity contribution in [3.05, 3.63) is 30.5 Å². The van der Waals surface area contributed by atoms with Crippen LogP contribution < -0.4 is 4.90 Å². The third-order valence-electron chi connectivity index (χ3n) is 4.62. The second-order valence-electron chi connectivity index (χ2n) is 6.09. The minimum absolute atomic E-state index is 0.103. The summed E-state index contributed by atoms with van der Waals surface area (Å²) < 4.78 is 0. The van der Waals surface area contributed by atoms with E-state index in [1.54, 1.807) is 0 Å². The van der Waals surface area contributed by atoms with Crippen LogP contribution >= 0.6 is 11.8 Å². The van der Waals surface area contributed by atoms with E-state index in [9.17, 15) is 4.79 Å². The summed E-state index contributed by atoms with van der Waals surface area (Å²) in [5, 5.41) is 0. The number of para-hydroxylation sites is 2. The Morgan fingerprint density at radius 3 is 2.74 bits per heavy atom. The van der Waals surface area contributed by atoms with E-state index in [4.69, 9.17) is 4.98 Å². The van der Waals surface area contributed by atoms with Crippen LogP contribution in [0.5, 0.6) is 0 Å². The van der Waals surface area contributed by atoms with Gasteiger partial charge in [0.25, 0.3) is 0 Å². The summed E-state index contributed by atoms with van der Waals surface area (Å²) in [5.74, 6) is 3.44. The smallest absolute Gasteiger partial charge is 0.227 e. The van der Waals surface area contributed by atoms with Crippen molar-refractivity contribution in [2.24, 2.45) is 5.92 Å². The standard InChI is InChI=1S/C17H20N4OS/c22-17(20-7-9-23-10-8-20)13-5-6-21(12-13)16-11-18-14-3-1-2-4-15(14)19-16/h1-4,11,13H,5-10,12H2. The lowest BCUT2D eigenvalue weighted by Gasteiger charge is -2.29. The molecule has 1 aromatic heterocycles. The maximum atomic E-state index is 12.6. The number of anilines is 1. The molecule has 0 radical (unpaired) electrons. The van der Waals surface area contributed by atoms with E-state index in [1.807, 2.05) is 47.1 Å². The first kappa shape index (κ1) is 14.8. The van der Waals surface area contributed by atoms with Gasteiger partial charge in [0, 0.05) is 37.7 Å². The normalized spacial score (nSPS) is 21.8. The summed E-state index contributed by atoms with van der Waals surface area (Å²) in [5.41, 5.74) is 1.82. The molecule has 120 valence electrons. The van der Waals surface area contributed by atoms with Gasteiger partial charge in [-0.3, -0.25) is 9.78 Å². The number of carbonyl (C=O) groups excluding carboxylic acids is 1. The fourth-order valence-corrected chi connectivity index (χ4v) is 4.21. The number of amides is 1. The molecule has 2 aliphatic rings. The second-order valence-corrected chi connectivity index (χ2v) is 7.31. The van der Waals surface area contributed by atoms with Gasteiger partial charge in [-0.25, -0.2) is 4.98 Å². The summed E-state index contributed by atoms with van der Waals surface area (Å²) in [6, 6.07) is 7.90. The lowest BCUT2D eigenvalue weighted by atomic mass is 10.1. The van der Waals surface area contributed by atoms with E-state index in [-0.39, 0.29) is 5.92 Å². The highest BCUT2D eigenvalue weighted by molar-refractivity contribution is 7.99. The molecule has 1 atom stereocenters. The van der Waals surface area contributed by atoms with Crippen molar-refractivity contribution in [1.29, 1.82) is 0 Å². The monoisotopic (exact) mass is 328 g/mol. The molecule has 1 amide bonds. The van der Waals surface area contributed by atoms with Gasteiger partial charge < -0.3 is 9.80 Å². The molecule has 23 heavy (non-hydrogen) atoms. The lowest BCUT2D eigenvalue weighted by molar-refractivity contribution is -0.134. The van der Waals surface area contributed by atoms with Gasteiger partial charge in [-0.05, 0) is 18.6 Å². The Kier molecular flexibility index (Phi) is 4.08. The number of thioether (sulfide) groups is 1. The average molecular weight is 328 g/mol. The van der Waals surface area contributed by atoms with Crippen LogP contribution in [0.4, 0.5) is 5.82 Å². The summed E-state index contributed by atoms with van der Waals surface area (Å²) in [6.45, 7) is 3.44. The highest BCUT2D eigenvalue weighted by Gasteiger charge is 2.32. The third-order valence-corrected chi connectivity index (χ3v) is 5.56. The zero-order valence-corrected chi connectivity index (χ0v) is 13.8. The highest BCUT2D eigenvalue weighted by Crippen LogP contribution is 2.25. The molecule has 3 heterocycles. The zero-order valence-electron chi connectivity index (χ0n) is 13.0. The number of fused-ring (bicyclic) bond motifs is 1. The Hall–Kier alpha value is -1.82. The quantitative estimate of drug-likeness (QED) is 0.844. The minimum Gasteiger partial charge on any atom is -0.354 e. The summed E-state index contributed by atoms with van der Waals surface area (Å²) in [4.78, 5) is 26.1. The molecular formula is C17H20N4OS. The van der Waals surface area contributed by atoms with Crippen molar-refractivity contribution < 1.29 is 4.79 Å². The molecule has 2 fully saturated rings. The van der Waals surface area contributed by atoms with Crippen LogP contribution in [0.2, 0.25) is 0 Å². The second kappa shape index (κ2) is 6.35. The molecule has 1 aromatic carbocycles. The van der Waals surface area contributed by atoms with E-state index in [0.717, 1.165) is 61.0 Å². The molecule has 2 aromatic rings. The van der Waals surface area contributed by atoms with Crippen molar-refractivity contribution in [2.75, 3.05) is 42.6 Å². The van der Waals surface area contributed by atoms with E-state index in [0.29, 0.717) is 5.91 Å². The molecule has 2 aliphatic heterocycles. The first-order valence-corrected chi connectivity index (χ1v) is 9.30. The predicted molar refractivity (Wildman–Crippen MR) is 93.8 cm³/mol. The Morgan fingerprint density at radius 1 is 1.13 bits per heavy atom. The SMILES string of the molecule is O=C(C1CCN(c2cnc3ccccc3n2)C1)N1CCSCC1. The van der Waals surface area contributed by atoms with E-state index >= 15 is 0 Å². The molecule has 0 bridgehead atoms. The molecule has 6 heteroatoms. The molecule has 0 aliphatic carbocycles. The molecule has 1 unspecified atom stereocenters. The van der Waals surface area contributed by atoms with Crippen LogP contribution in [0.3, 0.4) is 0 Å². The number of rotatable bonds is 2. The van der Waals surface area contributed by atoms with Gasteiger partial charge in [0.2, 0.25) is 5.91 Å². The van der Waals surface area contributed by atoms with Gasteiger partial charge in [-0.15, -0.1) is 0 Å². The summed E-state index contributed by atoms with van der Waals surface area (Å²) in [6.07, 6.45) is 2.74. The van der Waals surface area contributed by atoms with Crippen molar-refractivity contribution in [2.45, 2.75) is 6.42 Å². The molecule has 2 saturated heterocycles. The Labute approximate surface area is 140 Å². The van der Waals surface area contributed by atoms with E-state index in [2.05, 4.69) is 9.88 Å². The Balaban J connectivity index is 1.47. The molecule has 5 nitrogen and oxygen atoms in total. The van der Waals surface area contributed by atoms with Crippen molar-refractivity contribution in [3.8, 4) is 0 Å². The van der Waals surface area contributed by atoms with Crippen molar-refractivity contribution in [1.82, 2.24) is 14.9 Å².